The number of rotatable bonds is 9. The molecule has 2 aliphatic heterocycles. The SMILES string of the molecule is CCOc1ccc(Cl)cc1S(=O)(=O)N1CCC[C@H](C(=O)NCc2ccc(S(=O)(=O)N3CCOCC3)cc2)C1. The number of halogens is 1. The van der Waals surface area contributed by atoms with Gasteiger partial charge in [-0.15, -0.1) is 0 Å². The summed E-state index contributed by atoms with van der Waals surface area (Å²) in [6, 6.07) is 10.9. The summed E-state index contributed by atoms with van der Waals surface area (Å²) >= 11 is 6.07. The highest BCUT2D eigenvalue weighted by Gasteiger charge is 2.35. The van der Waals surface area contributed by atoms with Crippen molar-refractivity contribution in [2.24, 2.45) is 5.92 Å². The van der Waals surface area contributed by atoms with Crippen LogP contribution in [-0.4, -0.2) is 77.4 Å². The van der Waals surface area contributed by atoms with Crippen LogP contribution in [0.5, 0.6) is 5.75 Å². The molecule has 4 rings (SSSR count). The van der Waals surface area contributed by atoms with Gasteiger partial charge >= 0.3 is 0 Å². The second kappa shape index (κ2) is 12.3. The molecule has 13 heteroatoms. The number of ether oxygens (including phenoxy) is 2. The van der Waals surface area contributed by atoms with E-state index >= 15 is 0 Å². The Labute approximate surface area is 229 Å². The number of sulfonamides is 2. The zero-order chi connectivity index (χ0) is 27.3. The molecule has 0 radical (unpaired) electrons. The van der Waals surface area contributed by atoms with E-state index in [4.69, 9.17) is 21.1 Å². The highest BCUT2D eigenvalue weighted by molar-refractivity contribution is 7.89. The largest absolute Gasteiger partial charge is 0.492 e. The minimum atomic E-state index is -3.92. The lowest BCUT2D eigenvalue weighted by molar-refractivity contribution is -0.126. The van der Waals surface area contributed by atoms with Crippen LogP contribution in [0.4, 0.5) is 0 Å². The quantitative estimate of drug-likeness (QED) is 0.480. The predicted molar refractivity (Wildman–Crippen MR) is 142 cm³/mol. The highest BCUT2D eigenvalue weighted by atomic mass is 35.5. The number of benzene rings is 2. The summed E-state index contributed by atoms with van der Waals surface area (Å²) < 4.78 is 65.8. The third-order valence-electron chi connectivity index (χ3n) is 6.58. The molecule has 0 saturated carbocycles. The third-order valence-corrected chi connectivity index (χ3v) is 10.6. The van der Waals surface area contributed by atoms with E-state index in [1.807, 2.05) is 0 Å². The van der Waals surface area contributed by atoms with Crippen LogP contribution < -0.4 is 10.1 Å². The molecule has 0 aromatic heterocycles. The first-order chi connectivity index (χ1) is 18.1. The topological polar surface area (TPSA) is 122 Å². The number of carbonyl (C=O) groups is 1. The van der Waals surface area contributed by atoms with Crippen LogP contribution in [0.25, 0.3) is 0 Å². The van der Waals surface area contributed by atoms with Gasteiger partial charge in [-0.25, -0.2) is 16.8 Å². The molecule has 0 spiro atoms. The molecule has 1 atom stereocenters. The molecule has 2 saturated heterocycles. The fourth-order valence-electron chi connectivity index (χ4n) is 4.52. The van der Waals surface area contributed by atoms with Gasteiger partial charge in [-0.05, 0) is 55.7 Å². The Morgan fingerprint density at radius 2 is 1.74 bits per heavy atom. The zero-order valence-electron chi connectivity index (χ0n) is 21.1. The number of piperidine rings is 1. The fourth-order valence-corrected chi connectivity index (χ4v) is 7.85. The van der Waals surface area contributed by atoms with E-state index in [0.29, 0.717) is 52.3 Å². The van der Waals surface area contributed by atoms with E-state index in [1.54, 1.807) is 25.1 Å². The number of hydrogen-bond donors (Lipinski definition) is 1. The first-order valence-corrected chi connectivity index (χ1v) is 15.8. The molecule has 10 nitrogen and oxygen atoms in total. The van der Waals surface area contributed by atoms with Gasteiger partial charge in [0.2, 0.25) is 26.0 Å². The number of morpholine rings is 1. The summed E-state index contributed by atoms with van der Waals surface area (Å²) in [5, 5.41) is 3.14. The van der Waals surface area contributed by atoms with Crippen molar-refractivity contribution in [2.75, 3.05) is 46.0 Å². The van der Waals surface area contributed by atoms with Gasteiger partial charge in [0.1, 0.15) is 10.6 Å². The Bertz CT molecular complexity index is 1350. The minimum Gasteiger partial charge on any atom is -0.492 e. The van der Waals surface area contributed by atoms with Crippen LogP contribution in [0.3, 0.4) is 0 Å². The Morgan fingerprint density at radius 3 is 2.42 bits per heavy atom. The van der Waals surface area contributed by atoms with Gasteiger partial charge < -0.3 is 14.8 Å². The summed E-state index contributed by atoms with van der Waals surface area (Å²) in [6.07, 6.45) is 1.10. The van der Waals surface area contributed by atoms with Crippen molar-refractivity contribution >= 4 is 37.6 Å². The van der Waals surface area contributed by atoms with Gasteiger partial charge in [0, 0.05) is 37.7 Å². The van der Waals surface area contributed by atoms with Gasteiger partial charge in [0.25, 0.3) is 0 Å². The summed E-state index contributed by atoms with van der Waals surface area (Å²) in [5.41, 5.74) is 0.736. The second-order valence-electron chi connectivity index (χ2n) is 9.10. The number of nitrogens with zero attached hydrogens (tertiary/aromatic N) is 2. The van der Waals surface area contributed by atoms with Crippen molar-refractivity contribution in [1.29, 1.82) is 0 Å². The zero-order valence-corrected chi connectivity index (χ0v) is 23.5. The number of amides is 1. The normalized spacial score (nSPS) is 19.7. The van der Waals surface area contributed by atoms with Crippen molar-refractivity contribution < 1.29 is 31.1 Å². The maximum Gasteiger partial charge on any atom is 0.246 e. The van der Waals surface area contributed by atoms with Crippen molar-refractivity contribution in [1.82, 2.24) is 13.9 Å². The summed E-state index contributed by atoms with van der Waals surface area (Å²) in [5.74, 6) is -0.553. The smallest absolute Gasteiger partial charge is 0.246 e. The van der Waals surface area contributed by atoms with E-state index in [-0.39, 0.29) is 39.6 Å². The van der Waals surface area contributed by atoms with Gasteiger partial charge in [-0.1, -0.05) is 23.7 Å². The van der Waals surface area contributed by atoms with Gasteiger partial charge in [-0.3, -0.25) is 4.79 Å². The van der Waals surface area contributed by atoms with Gasteiger partial charge in [0.05, 0.1) is 30.6 Å². The predicted octanol–water partition coefficient (Wildman–Crippen LogP) is 2.48. The molecule has 0 unspecified atom stereocenters. The lowest BCUT2D eigenvalue weighted by Crippen LogP contribution is -2.45. The molecule has 2 fully saturated rings. The third kappa shape index (κ3) is 6.49. The standard InChI is InChI=1S/C25H32ClN3O7S2/c1-2-36-23-10-7-21(26)16-24(23)38(33,34)29-11-3-4-20(18-29)25(30)27-17-19-5-8-22(9-6-19)37(31,32)28-12-14-35-15-13-28/h5-10,16,20H,2-4,11-15,17-18H2,1H3,(H,27,30)/t20-/m0/s1. The van der Waals surface area contributed by atoms with Gasteiger partial charge in [0.15, 0.2) is 0 Å². The molecule has 208 valence electrons. The number of carbonyl (C=O) groups excluding carboxylic acids is 1. The average Bonchev–Trinajstić information content (AvgIpc) is 2.93. The number of hydrogen-bond acceptors (Lipinski definition) is 7. The molecule has 1 amide bonds. The molecular weight excluding hydrogens is 554 g/mol. The van der Waals surface area contributed by atoms with E-state index in [9.17, 15) is 21.6 Å². The molecule has 0 bridgehead atoms. The second-order valence-corrected chi connectivity index (χ2v) is 13.4. The molecule has 2 aliphatic rings. The lowest BCUT2D eigenvalue weighted by atomic mass is 9.99. The molecular formula is C25H32ClN3O7S2. The highest BCUT2D eigenvalue weighted by Crippen LogP contribution is 2.32. The van der Waals surface area contributed by atoms with Crippen molar-refractivity contribution in [3.8, 4) is 5.75 Å². The van der Waals surface area contributed by atoms with E-state index < -0.39 is 26.0 Å². The Hall–Kier alpha value is -2.22. The molecule has 38 heavy (non-hydrogen) atoms. The average molecular weight is 586 g/mol. The molecule has 0 aliphatic carbocycles. The fraction of sp³-hybridized carbons (Fsp3) is 0.480. The Morgan fingerprint density at radius 1 is 1.03 bits per heavy atom. The Balaban J connectivity index is 1.38. The molecule has 2 aromatic carbocycles. The summed E-state index contributed by atoms with van der Waals surface area (Å²) in [4.78, 5) is 13.1. The maximum absolute atomic E-state index is 13.4. The molecule has 2 aromatic rings. The van der Waals surface area contributed by atoms with Crippen molar-refractivity contribution in [2.45, 2.75) is 36.1 Å². The van der Waals surface area contributed by atoms with E-state index in [2.05, 4.69) is 5.32 Å². The van der Waals surface area contributed by atoms with Crippen molar-refractivity contribution in [3.05, 3.63) is 53.1 Å². The maximum atomic E-state index is 13.4. The van der Waals surface area contributed by atoms with Crippen LogP contribution in [0.1, 0.15) is 25.3 Å². The minimum absolute atomic E-state index is 0.0139. The lowest BCUT2D eigenvalue weighted by Gasteiger charge is -2.31. The number of nitrogens with one attached hydrogen (secondary N) is 1. The summed E-state index contributed by atoms with van der Waals surface area (Å²) in [6.45, 7) is 3.98. The molecule has 1 N–H and O–H groups in total. The van der Waals surface area contributed by atoms with Crippen LogP contribution in [0, 0.1) is 5.92 Å². The van der Waals surface area contributed by atoms with Crippen LogP contribution >= 0.6 is 11.6 Å². The van der Waals surface area contributed by atoms with Crippen LogP contribution in [0.15, 0.2) is 52.3 Å². The molecule has 2 heterocycles. The van der Waals surface area contributed by atoms with Gasteiger partial charge in [-0.2, -0.15) is 8.61 Å². The van der Waals surface area contributed by atoms with E-state index in [1.165, 1.54) is 32.9 Å². The van der Waals surface area contributed by atoms with Crippen LogP contribution in [-0.2, 0) is 36.1 Å². The van der Waals surface area contributed by atoms with E-state index in [0.717, 1.165) is 5.56 Å². The first-order valence-electron chi connectivity index (χ1n) is 12.5. The van der Waals surface area contributed by atoms with Crippen LogP contribution in [0.2, 0.25) is 5.02 Å². The monoisotopic (exact) mass is 585 g/mol. The summed E-state index contributed by atoms with van der Waals surface area (Å²) in [7, 11) is -7.52. The van der Waals surface area contributed by atoms with Crippen molar-refractivity contribution in [3.63, 3.8) is 0 Å². The Kier molecular flexibility index (Phi) is 9.32. The first kappa shape index (κ1) is 28.8.